The number of hydrogen-bond donors (Lipinski definition) is 1. The summed E-state index contributed by atoms with van der Waals surface area (Å²) in [4.78, 5) is 10.6. The molecule has 1 N–H and O–H groups in total. The molecule has 0 bridgehead atoms. The van der Waals surface area contributed by atoms with Crippen LogP contribution in [0.4, 0.5) is 8.78 Å². The first kappa shape index (κ1) is 10.8. The predicted octanol–water partition coefficient (Wildman–Crippen LogP) is 2.05. The number of alkyl halides is 2. The van der Waals surface area contributed by atoms with Crippen LogP contribution >= 0.6 is 0 Å². The molecule has 3 nitrogen and oxygen atoms in total. The van der Waals surface area contributed by atoms with Crippen molar-refractivity contribution in [3.8, 4) is 0 Å². The van der Waals surface area contributed by atoms with Crippen LogP contribution in [0.3, 0.4) is 0 Å². The monoisotopic (exact) mass is 220 g/mol. The van der Waals surface area contributed by atoms with Crippen molar-refractivity contribution in [2.24, 2.45) is 5.92 Å². The maximum Gasteiger partial charge on any atom is 0.306 e. The van der Waals surface area contributed by atoms with Crippen molar-refractivity contribution in [3.05, 3.63) is 0 Å². The number of ether oxygens (including phenoxy) is 1. The van der Waals surface area contributed by atoms with Gasteiger partial charge >= 0.3 is 5.97 Å². The van der Waals surface area contributed by atoms with Crippen molar-refractivity contribution in [1.29, 1.82) is 0 Å². The second kappa shape index (κ2) is 3.70. The fraction of sp³-hybridized carbons (Fsp3) is 0.900. The summed E-state index contributed by atoms with van der Waals surface area (Å²) in [5, 5.41) is 8.74. The van der Waals surface area contributed by atoms with Gasteiger partial charge in [-0.1, -0.05) is 0 Å². The van der Waals surface area contributed by atoms with Gasteiger partial charge in [-0.05, 0) is 25.7 Å². The minimum atomic E-state index is -2.64. The number of halogens is 2. The van der Waals surface area contributed by atoms with E-state index in [0.29, 0.717) is 25.7 Å². The van der Waals surface area contributed by atoms with Gasteiger partial charge in [-0.3, -0.25) is 4.79 Å². The second-order valence-corrected chi connectivity index (χ2v) is 4.40. The SMILES string of the molecule is O=C(O)C1CCC(OC2CC2(F)F)CC1. The summed E-state index contributed by atoms with van der Waals surface area (Å²) >= 11 is 0. The van der Waals surface area contributed by atoms with E-state index in [1.165, 1.54) is 0 Å². The van der Waals surface area contributed by atoms with Gasteiger partial charge < -0.3 is 9.84 Å². The molecule has 2 aliphatic rings. The standard InChI is InChI=1S/C10H14F2O3/c11-10(12)5-8(10)15-7-3-1-6(2-4-7)9(13)14/h6-8H,1-5H2,(H,13,14). The van der Waals surface area contributed by atoms with E-state index < -0.39 is 18.0 Å². The van der Waals surface area contributed by atoms with Gasteiger partial charge in [-0.2, -0.15) is 0 Å². The molecule has 1 atom stereocenters. The molecular weight excluding hydrogens is 206 g/mol. The molecule has 5 heteroatoms. The lowest BCUT2D eigenvalue weighted by Crippen LogP contribution is -2.27. The van der Waals surface area contributed by atoms with Gasteiger partial charge in [0.05, 0.1) is 12.0 Å². The third kappa shape index (κ3) is 2.45. The van der Waals surface area contributed by atoms with Crippen LogP contribution in [-0.4, -0.2) is 29.2 Å². The Hall–Kier alpha value is -0.710. The number of aliphatic carboxylic acids is 1. The molecule has 1 unspecified atom stereocenters. The average molecular weight is 220 g/mol. The zero-order valence-corrected chi connectivity index (χ0v) is 8.29. The lowest BCUT2D eigenvalue weighted by Gasteiger charge is -2.26. The van der Waals surface area contributed by atoms with Gasteiger partial charge in [0.15, 0.2) is 0 Å². The third-order valence-electron chi connectivity index (χ3n) is 3.15. The number of carboxylic acid groups (broad SMARTS) is 1. The molecule has 0 aromatic carbocycles. The molecule has 0 aromatic heterocycles. The Balaban J connectivity index is 1.72. The molecule has 0 spiro atoms. The quantitative estimate of drug-likeness (QED) is 0.791. The molecule has 2 aliphatic carbocycles. The molecule has 86 valence electrons. The van der Waals surface area contributed by atoms with Gasteiger partial charge in [0.2, 0.25) is 0 Å². The summed E-state index contributed by atoms with van der Waals surface area (Å²) in [5.41, 5.74) is 0. The molecule has 15 heavy (non-hydrogen) atoms. The maximum atomic E-state index is 12.5. The molecule has 0 heterocycles. The fourth-order valence-electron chi connectivity index (χ4n) is 2.01. The summed E-state index contributed by atoms with van der Waals surface area (Å²) < 4.78 is 30.3. The first-order valence-electron chi connectivity index (χ1n) is 5.25. The van der Waals surface area contributed by atoms with Gasteiger partial charge in [-0.15, -0.1) is 0 Å². The molecule has 0 saturated heterocycles. The molecule has 0 aromatic rings. The van der Waals surface area contributed by atoms with Crippen LogP contribution < -0.4 is 0 Å². The number of hydrogen-bond acceptors (Lipinski definition) is 2. The Morgan fingerprint density at radius 2 is 1.80 bits per heavy atom. The van der Waals surface area contributed by atoms with E-state index in [1.807, 2.05) is 0 Å². The van der Waals surface area contributed by atoms with Crippen LogP contribution in [0.1, 0.15) is 32.1 Å². The molecule has 0 amide bonds. The van der Waals surface area contributed by atoms with Crippen molar-refractivity contribution in [1.82, 2.24) is 0 Å². The molecule has 2 rings (SSSR count). The average Bonchev–Trinajstić information content (AvgIpc) is 2.74. The highest BCUT2D eigenvalue weighted by atomic mass is 19.3. The minimum absolute atomic E-state index is 0.168. The van der Waals surface area contributed by atoms with Crippen molar-refractivity contribution in [2.45, 2.75) is 50.2 Å². The Morgan fingerprint density at radius 3 is 2.20 bits per heavy atom. The van der Waals surface area contributed by atoms with E-state index in [-0.39, 0.29) is 18.4 Å². The fourth-order valence-corrected chi connectivity index (χ4v) is 2.01. The number of rotatable bonds is 3. The Bertz CT molecular complexity index is 259. The van der Waals surface area contributed by atoms with E-state index in [9.17, 15) is 13.6 Å². The van der Waals surface area contributed by atoms with Gasteiger partial charge in [-0.25, -0.2) is 8.78 Å². The lowest BCUT2D eigenvalue weighted by atomic mass is 9.87. The van der Waals surface area contributed by atoms with E-state index in [0.717, 1.165) is 0 Å². The van der Waals surface area contributed by atoms with Crippen molar-refractivity contribution in [2.75, 3.05) is 0 Å². The van der Waals surface area contributed by atoms with Gasteiger partial charge in [0, 0.05) is 6.42 Å². The largest absolute Gasteiger partial charge is 0.481 e. The van der Waals surface area contributed by atoms with Crippen molar-refractivity contribution in [3.63, 3.8) is 0 Å². The summed E-state index contributed by atoms with van der Waals surface area (Å²) in [5.74, 6) is -3.74. The maximum absolute atomic E-state index is 12.5. The Morgan fingerprint density at radius 1 is 1.27 bits per heavy atom. The highest BCUT2D eigenvalue weighted by molar-refractivity contribution is 5.70. The van der Waals surface area contributed by atoms with E-state index in [2.05, 4.69) is 0 Å². The summed E-state index contributed by atoms with van der Waals surface area (Å²) in [6.07, 6.45) is 0.998. The van der Waals surface area contributed by atoms with Crippen molar-refractivity contribution >= 4 is 5.97 Å². The number of carboxylic acids is 1. The predicted molar refractivity (Wildman–Crippen MR) is 47.8 cm³/mol. The Kier molecular flexibility index (Phi) is 2.66. The summed E-state index contributed by atoms with van der Waals surface area (Å²) in [6, 6.07) is 0. The zero-order valence-electron chi connectivity index (χ0n) is 8.29. The first-order chi connectivity index (χ1) is 6.99. The normalized spacial score (nSPS) is 38.7. The first-order valence-corrected chi connectivity index (χ1v) is 5.25. The lowest BCUT2D eigenvalue weighted by molar-refractivity contribution is -0.144. The van der Waals surface area contributed by atoms with Crippen LogP contribution in [0.15, 0.2) is 0 Å². The minimum Gasteiger partial charge on any atom is -0.481 e. The molecule has 2 fully saturated rings. The molecular formula is C10H14F2O3. The smallest absolute Gasteiger partial charge is 0.306 e. The summed E-state index contributed by atoms with van der Waals surface area (Å²) in [7, 11) is 0. The van der Waals surface area contributed by atoms with Crippen LogP contribution in [-0.2, 0) is 9.53 Å². The third-order valence-corrected chi connectivity index (χ3v) is 3.15. The van der Waals surface area contributed by atoms with Crippen LogP contribution in [0, 0.1) is 5.92 Å². The van der Waals surface area contributed by atoms with Crippen molar-refractivity contribution < 1.29 is 23.4 Å². The van der Waals surface area contributed by atoms with E-state index >= 15 is 0 Å². The van der Waals surface area contributed by atoms with Crippen LogP contribution in [0.25, 0.3) is 0 Å². The Labute approximate surface area is 86.4 Å². The molecule has 0 aliphatic heterocycles. The molecule has 0 radical (unpaired) electrons. The van der Waals surface area contributed by atoms with E-state index in [1.54, 1.807) is 0 Å². The zero-order chi connectivity index (χ0) is 11.1. The van der Waals surface area contributed by atoms with Gasteiger partial charge in [0.1, 0.15) is 6.10 Å². The van der Waals surface area contributed by atoms with Crippen LogP contribution in [0.2, 0.25) is 0 Å². The topological polar surface area (TPSA) is 46.5 Å². The van der Waals surface area contributed by atoms with Gasteiger partial charge in [0.25, 0.3) is 5.92 Å². The highest BCUT2D eigenvalue weighted by Crippen LogP contribution is 2.46. The highest BCUT2D eigenvalue weighted by Gasteiger charge is 2.59. The van der Waals surface area contributed by atoms with E-state index in [4.69, 9.17) is 9.84 Å². The van der Waals surface area contributed by atoms with Crippen LogP contribution in [0.5, 0.6) is 0 Å². The second-order valence-electron chi connectivity index (χ2n) is 4.40. The summed E-state index contributed by atoms with van der Waals surface area (Å²) in [6.45, 7) is 0. The number of carbonyl (C=O) groups is 1. The molecule has 2 saturated carbocycles.